The average Bonchev–Trinajstić information content (AvgIpc) is 2.95. The van der Waals surface area contributed by atoms with Gasteiger partial charge in [-0.1, -0.05) is 72.8 Å². The van der Waals surface area contributed by atoms with Crippen LogP contribution < -0.4 is 10.2 Å². The van der Waals surface area contributed by atoms with Crippen molar-refractivity contribution in [2.45, 2.75) is 6.42 Å². The summed E-state index contributed by atoms with van der Waals surface area (Å²) >= 11 is 0. The number of ether oxygens (including phenoxy) is 1. The molecule has 0 saturated carbocycles. The normalized spacial score (nSPS) is 10.5. The zero-order valence-electron chi connectivity index (χ0n) is 20.8. The van der Waals surface area contributed by atoms with E-state index in [1.54, 1.807) is 59.5 Å². The van der Waals surface area contributed by atoms with Crippen LogP contribution in [0.25, 0.3) is 10.8 Å². The van der Waals surface area contributed by atoms with E-state index in [1.165, 1.54) is 4.90 Å². The van der Waals surface area contributed by atoms with Gasteiger partial charge in [0, 0.05) is 29.7 Å². The van der Waals surface area contributed by atoms with E-state index >= 15 is 0 Å². The number of rotatable bonds is 10. The lowest BCUT2D eigenvalue weighted by Gasteiger charge is -2.25. The summed E-state index contributed by atoms with van der Waals surface area (Å²) in [6, 6.07) is 31.0. The highest BCUT2D eigenvalue weighted by atomic mass is 16.5. The molecule has 0 aromatic heterocycles. The SMILES string of the molecule is O=C(Nc1cccc2ccccc12)OCCN(CCCN(C(=O)O)c1ccccc1)C(=O)c1ccccc1. The van der Waals surface area contributed by atoms with E-state index in [1.807, 2.05) is 48.5 Å². The van der Waals surface area contributed by atoms with Gasteiger partial charge in [0.1, 0.15) is 6.61 Å². The first-order chi connectivity index (χ1) is 18.5. The summed E-state index contributed by atoms with van der Waals surface area (Å²) in [7, 11) is 0. The van der Waals surface area contributed by atoms with E-state index in [9.17, 15) is 19.5 Å². The summed E-state index contributed by atoms with van der Waals surface area (Å²) < 4.78 is 5.40. The Labute approximate surface area is 221 Å². The molecule has 38 heavy (non-hydrogen) atoms. The first-order valence-corrected chi connectivity index (χ1v) is 12.3. The Morgan fingerprint density at radius 3 is 2.13 bits per heavy atom. The molecule has 2 N–H and O–H groups in total. The Bertz CT molecular complexity index is 1370. The lowest BCUT2D eigenvalue weighted by atomic mass is 10.1. The number of hydrogen-bond acceptors (Lipinski definition) is 4. The van der Waals surface area contributed by atoms with E-state index in [0.29, 0.717) is 29.9 Å². The van der Waals surface area contributed by atoms with Gasteiger partial charge in [-0.05, 0) is 42.1 Å². The molecule has 0 aliphatic carbocycles. The number of nitrogens with zero attached hydrogens (tertiary/aromatic N) is 2. The Kier molecular flexibility index (Phi) is 8.91. The third kappa shape index (κ3) is 6.88. The van der Waals surface area contributed by atoms with E-state index < -0.39 is 12.2 Å². The Hall–Kier alpha value is -4.85. The smallest absolute Gasteiger partial charge is 0.411 e. The molecule has 8 heteroatoms. The van der Waals surface area contributed by atoms with Gasteiger partial charge < -0.3 is 14.7 Å². The molecule has 0 unspecified atom stereocenters. The molecule has 194 valence electrons. The molecule has 0 heterocycles. The fourth-order valence-electron chi connectivity index (χ4n) is 4.17. The molecule has 0 radical (unpaired) electrons. The second-order valence-corrected chi connectivity index (χ2v) is 8.57. The molecule has 4 rings (SSSR count). The van der Waals surface area contributed by atoms with Crippen LogP contribution in [0.4, 0.5) is 21.0 Å². The maximum Gasteiger partial charge on any atom is 0.411 e. The first kappa shape index (κ1) is 26.2. The number of anilines is 2. The van der Waals surface area contributed by atoms with Crippen LogP contribution >= 0.6 is 0 Å². The van der Waals surface area contributed by atoms with Gasteiger partial charge in [0.15, 0.2) is 0 Å². The van der Waals surface area contributed by atoms with Crippen LogP contribution in [0.15, 0.2) is 103 Å². The lowest BCUT2D eigenvalue weighted by molar-refractivity contribution is 0.0704. The lowest BCUT2D eigenvalue weighted by Crippen LogP contribution is -2.38. The molecular weight excluding hydrogens is 482 g/mol. The van der Waals surface area contributed by atoms with Crippen LogP contribution in [-0.4, -0.2) is 54.3 Å². The Morgan fingerprint density at radius 2 is 1.39 bits per heavy atom. The molecule has 4 aromatic carbocycles. The van der Waals surface area contributed by atoms with E-state index in [0.717, 1.165) is 10.8 Å². The minimum Gasteiger partial charge on any atom is -0.465 e. The largest absolute Gasteiger partial charge is 0.465 e. The molecule has 0 atom stereocenters. The molecule has 8 nitrogen and oxygen atoms in total. The summed E-state index contributed by atoms with van der Waals surface area (Å²) in [6.07, 6.45) is -1.28. The topological polar surface area (TPSA) is 99.2 Å². The zero-order valence-corrected chi connectivity index (χ0v) is 20.8. The molecule has 0 spiro atoms. The molecule has 4 aromatic rings. The minimum absolute atomic E-state index is 0.0174. The second kappa shape index (κ2) is 12.9. The number of carbonyl (C=O) groups excluding carboxylic acids is 2. The predicted molar refractivity (Wildman–Crippen MR) is 148 cm³/mol. The summed E-state index contributed by atoms with van der Waals surface area (Å²) in [5.74, 6) is -0.217. The van der Waals surface area contributed by atoms with Crippen molar-refractivity contribution in [3.05, 3.63) is 109 Å². The van der Waals surface area contributed by atoms with Gasteiger partial charge in [-0.25, -0.2) is 9.59 Å². The zero-order chi connectivity index (χ0) is 26.7. The van der Waals surface area contributed by atoms with Crippen molar-refractivity contribution < 1.29 is 24.2 Å². The third-order valence-corrected chi connectivity index (χ3v) is 6.04. The number of fused-ring (bicyclic) bond motifs is 1. The van der Waals surface area contributed by atoms with Crippen molar-refractivity contribution in [3.63, 3.8) is 0 Å². The molecule has 0 aliphatic rings. The molecular formula is C30H29N3O5. The highest BCUT2D eigenvalue weighted by Crippen LogP contribution is 2.23. The number of amides is 3. The third-order valence-electron chi connectivity index (χ3n) is 6.04. The van der Waals surface area contributed by atoms with Crippen LogP contribution in [0.3, 0.4) is 0 Å². The van der Waals surface area contributed by atoms with Crippen molar-refractivity contribution in [3.8, 4) is 0 Å². The number of benzene rings is 4. The van der Waals surface area contributed by atoms with Crippen molar-refractivity contribution in [2.75, 3.05) is 36.5 Å². The Balaban J connectivity index is 1.37. The predicted octanol–water partition coefficient (Wildman–Crippen LogP) is 6.11. The summed E-state index contributed by atoms with van der Waals surface area (Å²) in [6.45, 7) is 0.643. The van der Waals surface area contributed by atoms with Gasteiger partial charge in [-0.2, -0.15) is 0 Å². The molecule has 0 bridgehead atoms. The van der Waals surface area contributed by atoms with Crippen LogP contribution in [0.5, 0.6) is 0 Å². The molecule has 3 amide bonds. The number of carbonyl (C=O) groups is 3. The van der Waals surface area contributed by atoms with Crippen LogP contribution in [0, 0.1) is 0 Å². The van der Waals surface area contributed by atoms with Gasteiger partial charge in [-0.15, -0.1) is 0 Å². The van der Waals surface area contributed by atoms with Gasteiger partial charge in [0.2, 0.25) is 0 Å². The van der Waals surface area contributed by atoms with Gasteiger partial charge in [-0.3, -0.25) is 15.0 Å². The first-order valence-electron chi connectivity index (χ1n) is 12.3. The highest BCUT2D eigenvalue weighted by molar-refractivity contribution is 6.00. The molecule has 0 fully saturated rings. The summed E-state index contributed by atoms with van der Waals surface area (Å²) in [5, 5.41) is 14.3. The highest BCUT2D eigenvalue weighted by Gasteiger charge is 2.19. The maximum atomic E-state index is 13.2. The Morgan fingerprint density at radius 1 is 0.737 bits per heavy atom. The molecule has 0 saturated heterocycles. The number of para-hydroxylation sites is 1. The van der Waals surface area contributed by atoms with Crippen LogP contribution in [0.2, 0.25) is 0 Å². The van der Waals surface area contributed by atoms with E-state index in [-0.39, 0.29) is 25.6 Å². The quantitative estimate of drug-likeness (QED) is 0.268. The average molecular weight is 512 g/mol. The maximum absolute atomic E-state index is 13.2. The number of hydrogen-bond donors (Lipinski definition) is 2. The number of nitrogens with one attached hydrogen (secondary N) is 1. The van der Waals surface area contributed by atoms with Crippen LogP contribution in [-0.2, 0) is 4.74 Å². The van der Waals surface area contributed by atoms with Crippen molar-refractivity contribution in [1.82, 2.24) is 4.90 Å². The van der Waals surface area contributed by atoms with Crippen molar-refractivity contribution in [2.24, 2.45) is 0 Å². The van der Waals surface area contributed by atoms with E-state index in [2.05, 4.69) is 5.32 Å². The monoisotopic (exact) mass is 511 g/mol. The van der Waals surface area contributed by atoms with Gasteiger partial charge in [0.25, 0.3) is 5.91 Å². The standard InChI is InChI=1S/C30H29N3O5/c34-28(24-12-3-1-4-13-24)32(19-10-20-33(30(36)37)25-15-5-2-6-16-25)21-22-38-29(35)31-27-18-9-14-23-11-7-8-17-26(23)27/h1-9,11-18H,10,19-22H2,(H,31,35)(H,36,37). The van der Waals surface area contributed by atoms with Crippen LogP contribution in [0.1, 0.15) is 16.8 Å². The number of carboxylic acid groups (broad SMARTS) is 1. The fourth-order valence-corrected chi connectivity index (χ4v) is 4.17. The second-order valence-electron chi connectivity index (χ2n) is 8.57. The summed E-state index contributed by atoms with van der Waals surface area (Å²) in [4.78, 5) is 40.3. The van der Waals surface area contributed by atoms with Gasteiger partial charge in [0.05, 0.1) is 12.2 Å². The fraction of sp³-hybridized carbons (Fsp3) is 0.167. The molecule has 0 aliphatic heterocycles. The van der Waals surface area contributed by atoms with Crippen molar-refractivity contribution in [1.29, 1.82) is 0 Å². The van der Waals surface area contributed by atoms with Crippen molar-refractivity contribution >= 4 is 40.2 Å². The minimum atomic E-state index is -1.06. The van der Waals surface area contributed by atoms with E-state index in [4.69, 9.17) is 4.74 Å². The van der Waals surface area contributed by atoms with Gasteiger partial charge >= 0.3 is 12.2 Å². The summed E-state index contributed by atoms with van der Waals surface area (Å²) in [5.41, 5.74) is 1.71.